The van der Waals surface area contributed by atoms with Crippen LogP contribution in [0.15, 0.2) is 24.3 Å². The van der Waals surface area contributed by atoms with Gasteiger partial charge in [0.25, 0.3) is 0 Å². The maximum Gasteiger partial charge on any atom is 0.223 e. The molecule has 17 heavy (non-hydrogen) atoms. The molecule has 1 heterocycles. The van der Waals surface area contributed by atoms with Crippen LogP contribution < -0.4 is 5.32 Å². The SMILES string of the molecule is CC(=O)Nc1nc(C)c(-c2ccc(O)cc2)s1. The first kappa shape index (κ1) is 11.6. The summed E-state index contributed by atoms with van der Waals surface area (Å²) in [6, 6.07) is 6.92. The first-order chi connectivity index (χ1) is 8.06. The van der Waals surface area contributed by atoms with Crippen molar-refractivity contribution < 1.29 is 9.90 Å². The molecule has 0 saturated carbocycles. The third-order valence-corrected chi connectivity index (χ3v) is 3.33. The number of carbonyl (C=O) groups is 1. The van der Waals surface area contributed by atoms with Gasteiger partial charge >= 0.3 is 0 Å². The molecule has 1 aromatic carbocycles. The molecule has 0 radical (unpaired) electrons. The summed E-state index contributed by atoms with van der Waals surface area (Å²) < 4.78 is 0. The number of benzene rings is 1. The summed E-state index contributed by atoms with van der Waals surface area (Å²) in [6.45, 7) is 3.35. The van der Waals surface area contributed by atoms with Gasteiger partial charge in [-0.05, 0) is 36.8 Å². The normalized spacial score (nSPS) is 10.2. The summed E-state index contributed by atoms with van der Waals surface area (Å²) in [6.07, 6.45) is 0. The van der Waals surface area contributed by atoms with E-state index in [2.05, 4.69) is 10.3 Å². The monoisotopic (exact) mass is 248 g/mol. The first-order valence-electron chi connectivity index (χ1n) is 5.10. The molecule has 0 aliphatic rings. The Morgan fingerprint density at radius 2 is 2.00 bits per heavy atom. The van der Waals surface area contributed by atoms with Crippen molar-refractivity contribution in [2.45, 2.75) is 13.8 Å². The fourth-order valence-electron chi connectivity index (χ4n) is 1.48. The van der Waals surface area contributed by atoms with Gasteiger partial charge in [0, 0.05) is 6.92 Å². The predicted molar refractivity (Wildman–Crippen MR) is 68.3 cm³/mol. The van der Waals surface area contributed by atoms with E-state index in [0.29, 0.717) is 5.13 Å². The van der Waals surface area contributed by atoms with E-state index in [1.807, 2.05) is 19.1 Å². The third-order valence-electron chi connectivity index (χ3n) is 2.21. The summed E-state index contributed by atoms with van der Waals surface area (Å²) in [5.74, 6) is 0.106. The summed E-state index contributed by atoms with van der Waals surface area (Å²) in [5, 5.41) is 12.5. The number of hydrogen-bond acceptors (Lipinski definition) is 4. The van der Waals surface area contributed by atoms with Crippen LogP contribution >= 0.6 is 11.3 Å². The highest BCUT2D eigenvalue weighted by molar-refractivity contribution is 7.19. The minimum atomic E-state index is -0.129. The maximum atomic E-state index is 10.9. The number of nitrogens with one attached hydrogen (secondary N) is 1. The van der Waals surface area contributed by atoms with E-state index >= 15 is 0 Å². The fourth-order valence-corrected chi connectivity index (χ4v) is 2.50. The minimum Gasteiger partial charge on any atom is -0.508 e. The van der Waals surface area contributed by atoms with Gasteiger partial charge in [0.1, 0.15) is 5.75 Å². The molecule has 88 valence electrons. The van der Waals surface area contributed by atoms with Crippen molar-refractivity contribution in [3.8, 4) is 16.2 Å². The number of phenolic OH excluding ortho intramolecular Hbond substituents is 1. The Balaban J connectivity index is 2.35. The maximum absolute atomic E-state index is 10.9. The zero-order chi connectivity index (χ0) is 12.4. The van der Waals surface area contributed by atoms with E-state index in [1.165, 1.54) is 18.3 Å². The number of carbonyl (C=O) groups excluding carboxylic acids is 1. The minimum absolute atomic E-state index is 0.129. The van der Waals surface area contributed by atoms with E-state index in [4.69, 9.17) is 0 Å². The lowest BCUT2D eigenvalue weighted by molar-refractivity contribution is -0.114. The highest BCUT2D eigenvalue weighted by Crippen LogP contribution is 2.33. The average molecular weight is 248 g/mol. The van der Waals surface area contributed by atoms with Gasteiger partial charge in [-0.15, -0.1) is 0 Å². The predicted octanol–water partition coefficient (Wildman–Crippen LogP) is 2.78. The number of nitrogens with zero attached hydrogens (tertiary/aromatic N) is 1. The molecule has 5 heteroatoms. The van der Waals surface area contributed by atoms with Crippen molar-refractivity contribution in [2.24, 2.45) is 0 Å². The van der Waals surface area contributed by atoms with Crippen molar-refractivity contribution in [3.05, 3.63) is 30.0 Å². The lowest BCUT2D eigenvalue weighted by Gasteiger charge is -1.98. The topological polar surface area (TPSA) is 62.2 Å². The van der Waals surface area contributed by atoms with Gasteiger partial charge in [-0.1, -0.05) is 11.3 Å². The van der Waals surface area contributed by atoms with Crippen molar-refractivity contribution in [1.29, 1.82) is 0 Å². The standard InChI is InChI=1S/C12H12N2O2S/c1-7-11(9-3-5-10(16)6-4-9)17-12(13-7)14-8(2)15/h3-6,16H,1-2H3,(H,13,14,15). The Hall–Kier alpha value is -1.88. The molecule has 2 rings (SSSR count). The molecular weight excluding hydrogens is 236 g/mol. The molecule has 4 nitrogen and oxygen atoms in total. The van der Waals surface area contributed by atoms with Crippen LogP contribution in [0.1, 0.15) is 12.6 Å². The second-order valence-electron chi connectivity index (χ2n) is 3.66. The average Bonchev–Trinajstić information content (AvgIpc) is 2.59. The van der Waals surface area contributed by atoms with E-state index in [9.17, 15) is 9.90 Å². The number of hydrogen-bond donors (Lipinski definition) is 2. The van der Waals surface area contributed by atoms with Gasteiger partial charge in [0.15, 0.2) is 5.13 Å². The van der Waals surface area contributed by atoms with Crippen LogP contribution in [0.3, 0.4) is 0 Å². The summed E-state index contributed by atoms with van der Waals surface area (Å²) in [5.41, 5.74) is 1.85. The molecule has 0 spiro atoms. The number of aryl methyl sites for hydroxylation is 1. The quantitative estimate of drug-likeness (QED) is 0.859. The van der Waals surface area contributed by atoms with E-state index in [0.717, 1.165) is 16.1 Å². The Labute approximate surface area is 103 Å². The van der Waals surface area contributed by atoms with Crippen molar-refractivity contribution in [2.75, 3.05) is 5.32 Å². The Morgan fingerprint density at radius 3 is 2.59 bits per heavy atom. The first-order valence-corrected chi connectivity index (χ1v) is 5.92. The number of phenols is 1. The van der Waals surface area contributed by atoms with Crippen molar-refractivity contribution >= 4 is 22.4 Å². The molecule has 0 unspecified atom stereocenters. The van der Waals surface area contributed by atoms with Crippen molar-refractivity contribution in [1.82, 2.24) is 4.98 Å². The number of aromatic nitrogens is 1. The number of thiazole rings is 1. The molecule has 1 amide bonds. The van der Waals surface area contributed by atoms with Gasteiger partial charge < -0.3 is 10.4 Å². The fraction of sp³-hybridized carbons (Fsp3) is 0.167. The third kappa shape index (κ3) is 2.62. The molecule has 0 atom stereocenters. The molecular formula is C12H12N2O2S. The Morgan fingerprint density at radius 1 is 1.35 bits per heavy atom. The Bertz CT molecular complexity index is 546. The highest BCUT2D eigenvalue weighted by atomic mass is 32.1. The number of amides is 1. The van der Waals surface area contributed by atoms with Crippen LogP contribution in [0.4, 0.5) is 5.13 Å². The smallest absolute Gasteiger partial charge is 0.223 e. The second kappa shape index (κ2) is 4.55. The molecule has 2 N–H and O–H groups in total. The molecule has 0 aliphatic carbocycles. The van der Waals surface area contributed by atoms with Crippen molar-refractivity contribution in [3.63, 3.8) is 0 Å². The Kier molecular flexibility index (Phi) is 3.10. The van der Waals surface area contributed by atoms with Gasteiger partial charge in [0.2, 0.25) is 5.91 Å². The summed E-state index contributed by atoms with van der Waals surface area (Å²) >= 11 is 1.42. The van der Waals surface area contributed by atoms with E-state index in [1.54, 1.807) is 12.1 Å². The van der Waals surface area contributed by atoms with Crippen LogP contribution in [0.25, 0.3) is 10.4 Å². The lowest BCUT2D eigenvalue weighted by Crippen LogP contribution is -2.04. The second-order valence-corrected chi connectivity index (χ2v) is 4.66. The summed E-state index contributed by atoms with van der Waals surface area (Å²) in [4.78, 5) is 16.2. The van der Waals surface area contributed by atoms with Crippen LogP contribution in [0, 0.1) is 6.92 Å². The van der Waals surface area contributed by atoms with Crippen LogP contribution in [0.2, 0.25) is 0 Å². The van der Waals surface area contributed by atoms with Gasteiger partial charge in [-0.3, -0.25) is 4.79 Å². The number of anilines is 1. The number of rotatable bonds is 2. The van der Waals surface area contributed by atoms with Crippen LogP contribution in [-0.2, 0) is 4.79 Å². The molecule has 0 aliphatic heterocycles. The molecule has 0 bridgehead atoms. The van der Waals surface area contributed by atoms with Gasteiger partial charge in [-0.25, -0.2) is 4.98 Å². The number of aromatic hydroxyl groups is 1. The molecule has 0 saturated heterocycles. The van der Waals surface area contributed by atoms with E-state index in [-0.39, 0.29) is 11.7 Å². The largest absolute Gasteiger partial charge is 0.508 e. The van der Waals surface area contributed by atoms with Gasteiger partial charge in [-0.2, -0.15) is 0 Å². The van der Waals surface area contributed by atoms with Gasteiger partial charge in [0.05, 0.1) is 10.6 Å². The summed E-state index contributed by atoms with van der Waals surface area (Å²) in [7, 11) is 0. The lowest BCUT2D eigenvalue weighted by atomic mass is 10.1. The van der Waals surface area contributed by atoms with E-state index < -0.39 is 0 Å². The zero-order valence-corrected chi connectivity index (χ0v) is 10.3. The van der Waals surface area contributed by atoms with Crippen LogP contribution in [-0.4, -0.2) is 16.0 Å². The molecule has 0 fully saturated rings. The molecule has 1 aromatic heterocycles. The zero-order valence-electron chi connectivity index (χ0n) is 9.52. The molecule has 2 aromatic rings. The highest BCUT2D eigenvalue weighted by Gasteiger charge is 2.10. The van der Waals surface area contributed by atoms with Crippen LogP contribution in [0.5, 0.6) is 5.75 Å².